The molecule has 1 aliphatic rings. The highest BCUT2D eigenvalue weighted by Crippen LogP contribution is 2.27. The van der Waals surface area contributed by atoms with E-state index >= 15 is 0 Å². The number of thioether (sulfide) groups is 1. The molecule has 0 saturated heterocycles. The first-order valence-electron chi connectivity index (χ1n) is 5.24. The van der Waals surface area contributed by atoms with E-state index in [-0.39, 0.29) is 11.7 Å². The third-order valence-corrected chi connectivity index (χ3v) is 3.94. The van der Waals surface area contributed by atoms with Crippen LogP contribution in [0.25, 0.3) is 0 Å². The molecule has 0 radical (unpaired) electrons. The lowest BCUT2D eigenvalue weighted by Crippen LogP contribution is -2.47. The number of hydrogen-bond acceptors (Lipinski definition) is 4. The van der Waals surface area contributed by atoms with E-state index in [0.29, 0.717) is 6.04 Å². The van der Waals surface area contributed by atoms with Crippen LogP contribution in [-0.2, 0) is 9.59 Å². The van der Waals surface area contributed by atoms with Crippen molar-refractivity contribution in [1.29, 1.82) is 0 Å². The number of nitrogens with one attached hydrogen (secondary N) is 1. The van der Waals surface area contributed by atoms with E-state index in [1.54, 1.807) is 13.8 Å². The Hall–Kier alpha value is -0.750. The Balaban J connectivity index is 2.33. The molecule has 16 heavy (non-hydrogen) atoms. The summed E-state index contributed by atoms with van der Waals surface area (Å²) in [5, 5.41) is 11.6. The Morgan fingerprint density at radius 2 is 2.12 bits per heavy atom. The molecule has 0 spiro atoms. The number of nitrogens with two attached hydrogens (primary N) is 1. The molecule has 0 aliphatic heterocycles. The SMILES string of the molecule is CC(C)(SCC(=O)NC1CC1)[C@H](N)C(=O)O. The van der Waals surface area contributed by atoms with E-state index in [0.717, 1.165) is 12.8 Å². The summed E-state index contributed by atoms with van der Waals surface area (Å²) >= 11 is 1.28. The zero-order valence-corrected chi connectivity index (χ0v) is 10.3. The fourth-order valence-corrected chi connectivity index (χ4v) is 2.00. The zero-order valence-electron chi connectivity index (χ0n) is 9.53. The van der Waals surface area contributed by atoms with Crippen LogP contribution >= 0.6 is 11.8 Å². The van der Waals surface area contributed by atoms with Crippen LogP contribution < -0.4 is 11.1 Å². The van der Waals surface area contributed by atoms with Gasteiger partial charge in [0.15, 0.2) is 0 Å². The van der Waals surface area contributed by atoms with E-state index in [1.807, 2.05) is 0 Å². The number of carboxylic acid groups (broad SMARTS) is 1. The molecule has 0 unspecified atom stereocenters. The molecule has 0 bridgehead atoms. The van der Waals surface area contributed by atoms with Crippen molar-refractivity contribution in [2.45, 2.75) is 43.5 Å². The molecule has 4 N–H and O–H groups in total. The van der Waals surface area contributed by atoms with Crippen molar-refractivity contribution < 1.29 is 14.7 Å². The van der Waals surface area contributed by atoms with Crippen molar-refractivity contribution in [3.8, 4) is 0 Å². The third kappa shape index (κ3) is 4.02. The second-order valence-corrected chi connectivity index (χ2v) is 6.18. The predicted molar refractivity (Wildman–Crippen MR) is 63.3 cm³/mol. The molecule has 1 saturated carbocycles. The van der Waals surface area contributed by atoms with Gasteiger partial charge in [-0.25, -0.2) is 0 Å². The summed E-state index contributed by atoms with van der Waals surface area (Å²) < 4.78 is -0.646. The number of carbonyl (C=O) groups excluding carboxylic acids is 1. The van der Waals surface area contributed by atoms with Crippen molar-refractivity contribution in [1.82, 2.24) is 5.32 Å². The molecular formula is C10H18N2O3S. The molecule has 92 valence electrons. The Kier molecular flexibility index (Phi) is 4.21. The van der Waals surface area contributed by atoms with Gasteiger partial charge in [-0.2, -0.15) is 0 Å². The number of aliphatic carboxylic acids is 1. The molecule has 6 heteroatoms. The number of rotatable bonds is 6. The molecular weight excluding hydrogens is 228 g/mol. The summed E-state index contributed by atoms with van der Waals surface area (Å²) in [5.41, 5.74) is 5.54. The fraction of sp³-hybridized carbons (Fsp3) is 0.800. The number of carboxylic acids is 1. The molecule has 0 aromatic heterocycles. The normalized spacial score (nSPS) is 17.9. The summed E-state index contributed by atoms with van der Waals surface area (Å²) in [6.45, 7) is 3.47. The fourth-order valence-electron chi connectivity index (χ4n) is 1.14. The summed E-state index contributed by atoms with van der Waals surface area (Å²) in [6.07, 6.45) is 2.10. The maximum atomic E-state index is 11.4. The minimum absolute atomic E-state index is 0.0434. The highest BCUT2D eigenvalue weighted by atomic mass is 32.2. The molecule has 1 fully saturated rings. The van der Waals surface area contributed by atoms with E-state index < -0.39 is 16.8 Å². The monoisotopic (exact) mass is 246 g/mol. The minimum Gasteiger partial charge on any atom is -0.480 e. The van der Waals surface area contributed by atoms with E-state index in [4.69, 9.17) is 10.8 Å². The van der Waals surface area contributed by atoms with Crippen LogP contribution in [0.4, 0.5) is 0 Å². The van der Waals surface area contributed by atoms with Gasteiger partial charge < -0.3 is 16.2 Å². The molecule has 0 heterocycles. The quantitative estimate of drug-likeness (QED) is 0.622. The van der Waals surface area contributed by atoms with Crippen LogP contribution in [0.1, 0.15) is 26.7 Å². The average molecular weight is 246 g/mol. The average Bonchev–Trinajstić information content (AvgIpc) is 2.97. The van der Waals surface area contributed by atoms with Gasteiger partial charge in [0.25, 0.3) is 0 Å². The molecule has 1 rings (SSSR count). The first kappa shape index (κ1) is 13.3. The van der Waals surface area contributed by atoms with Crippen LogP contribution in [0.2, 0.25) is 0 Å². The lowest BCUT2D eigenvalue weighted by Gasteiger charge is -2.27. The van der Waals surface area contributed by atoms with Crippen molar-refractivity contribution in [3.63, 3.8) is 0 Å². The van der Waals surface area contributed by atoms with Crippen molar-refractivity contribution in [2.24, 2.45) is 5.73 Å². The second-order valence-electron chi connectivity index (χ2n) is 4.55. The van der Waals surface area contributed by atoms with Gasteiger partial charge in [-0.1, -0.05) is 0 Å². The molecule has 1 atom stereocenters. The lowest BCUT2D eigenvalue weighted by molar-refractivity contribution is -0.139. The number of carbonyl (C=O) groups is 2. The first-order valence-corrected chi connectivity index (χ1v) is 6.23. The largest absolute Gasteiger partial charge is 0.480 e. The van der Waals surface area contributed by atoms with E-state index in [2.05, 4.69) is 5.32 Å². The molecule has 1 amide bonds. The van der Waals surface area contributed by atoms with Crippen LogP contribution in [0.5, 0.6) is 0 Å². The number of amides is 1. The molecule has 0 aromatic carbocycles. The molecule has 1 aliphatic carbocycles. The Morgan fingerprint density at radius 3 is 2.56 bits per heavy atom. The van der Waals surface area contributed by atoms with Gasteiger partial charge in [-0.15, -0.1) is 11.8 Å². The van der Waals surface area contributed by atoms with Gasteiger partial charge >= 0.3 is 5.97 Å². The highest BCUT2D eigenvalue weighted by Gasteiger charge is 2.33. The Labute approximate surface area is 99.1 Å². The van der Waals surface area contributed by atoms with Crippen molar-refractivity contribution in [2.75, 3.05) is 5.75 Å². The topological polar surface area (TPSA) is 92.4 Å². The number of hydrogen-bond donors (Lipinski definition) is 3. The highest BCUT2D eigenvalue weighted by molar-refractivity contribution is 8.01. The van der Waals surface area contributed by atoms with Gasteiger partial charge in [-0.3, -0.25) is 9.59 Å². The lowest BCUT2D eigenvalue weighted by atomic mass is 10.1. The minimum atomic E-state index is -1.04. The van der Waals surface area contributed by atoms with Crippen LogP contribution in [0.3, 0.4) is 0 Å². The maximum absolute atomic E-state index is 11.4. The van der Waals surface area contributed by atoms with Gasteiger partial charge in [0.2, 0.25) is 5.91 Å². The predicted octanol–water partition coefficient (Wildman–Crippen LogP) is 0.189. The summed E-state index contributed by atoms with van der Waals surface area (Å²) in [6, 6.07) is -0.629. The van der Waals surface area contributed by atoms with Crippen LogP contribution in [0, 0.1) is 0 Å². The van der Waals surface area contributed by atoms with E-state index in [1.165, 1.54) is 11.8 Å². The zero-order chi connectivity index (χ0) is 12.3. The van der Waals surface area contributed by atoms with Gasteiger partial charge in [0, 0.05) is 10.8 Å². The summed E-state index contributed by atoms with van der Waals surface area (Å²) in [7, 11) is 0. The maximum Gasteiger partial charge on any atom is 0.321 e. The van der Waals surface area contributed by atoms with E-state index in [9.17, 15) is 9.59 Å². The first-order chi connectivity index (χ1) is 7.33. The summed E-state index contributed by atoms with van der Waals surface area (Å²) in [5.74, 6) is -0.830. The van der Waals surface area contributed by atoms with Crippen molar-refractivity contribution in [3.05, 3.63) is 0 Å². The van der Waals surface area contributed by atoms with Gasteiger partial charge in [0.05, 0.1) is 5.75 Å². The van der Waals surface area contributed by atoms with Crippen molar-refractivity contribution >= 4 is 23.6 Å². The Morgan fingerprint density at radius 1 is 1.56 bits per heavy atom. The van der Waals surface area contributed by atoms with Crippen LogP contribution in [-0.4, -0.2) is 39.6 Å². The molecule has 5 nitrogen and oxygen atoms in total. The standard InChI is InChI=1S/C10H18N2O3S/c1-10(2,8(11)9(14)15)16-5-7(13)12-6-3-4-6/h6,8H,3-5,11H2,1-2H3,(H,12,13)(H,14,15)/t8-/m1/s1. The smallest absolute Gasteiger partial charge is 0.321 e. The van der Waals surface area contributed by atoms with Gasteiger partial charge in [-0.05, 0) is 26.7 Å². The molecule has 0 aromatic rings. The second kappa shape index (κ2) is 5.05. The Bertz CT molecular complexity index is 290. The third-order valence-electron chi connectivity index (χ3n) is 2.53. The van der Waals surface area contributed by atoms with Gasteiger partial charge in [0.1, 0.15) is 6.04 Å². The summed E-state index contributed by atoms with van der Waals surface area (Å²) in [4.78, 5) is 22.2. The van der Waals surface area contributed by atoms with Crippen LogP contribution in [0.15, 0.2) is 0 Å².